The molecule has 0 amide bonds. The Morgan fingerprint density at radius 2 is 1.82 bits per heavy atom. The second kappa shape index (κ2) is 14.1. The molecule has 1 aromatic rings. The Morgan fingerprint density at radius 1 is 1.00 bits per heavy atom. The largest absolute Gasteiger partial charge is 0.103 e. The molecule has 2 aliphatic carbocycles. The van der Waals surface area contributed by atoms with E-state index in [1.165, 1.54) is 27.8 Å². The first-order valence-electron chi connectivity index (χ1n) is 13.7. The summed E-state index contributed by atoms with van der Waals surface area (Å²) in [5.41, 5.74) is 8.27. The zero-order valence-corrected chi connectivity index (χ0v) is 23.4. The standard InChI is InChI=1S/C38H42/c1-7-12-14-24-33-29-38(34(20-8-2)21-9-3,35-26-15-13-16-27-35)36-28-19-25-32(37(33)36)23-18-17-22-31(11-5)30(6)10-4/h7-12,14-15,17-19,21-29,34H,2,4,6,13,16,20H2,1,3,5H3/b12-7-,21-9-,22-17-,23-18+,24-14-,31-11+. The molecule has 2 atom stereocenters. The van der Waals surface area contributed by atoms with Gasteiger partial charge in [-0.05, 0) is 84.9 Å². The lowest BCUT2D eigenvalue weighted by Gasteiger charge is -2.38. The predicted molar refractivity (Wildman–Crippen MR) is 171 cm³/mol. The van der Waals surface area contributed by atoms with Crippen molar-refractivity contribution in [3.63, 3.8) is 0 Å². The van der Waals surface area contributed by atoms with Gasteiger partial charge in [0.15, 0.2) is 0 Å². The Labute approximate surface area is 231 Å². The summed E-state index contributed by atoms with van der Waals surface area (Å²) in [5, 5.41) is 0. The van der Waals surface area contributed by atoms with Crippen molar-refractivity contribution in [3.05, 3.63) is 169 Å². The molecule has 0 saturated heterocycles. The lowest BCUT2D eigenvalue weighted by Crippen LogP contribution is -2.33. The van der Waals surface area contributed by atoms with Gasteiger partial charge >= 0.3 is 0 Å². The molecule has 0 aromatic heterocycles. The Morgan fingerprint density at radius 3 is 2.47 bits per heavy atom. The van der Waals surface area contributed by atoms with E-state index >= 15 is 0 Å². The van der Waals surface area contributed by atoms with Gasteiger partial charge in [-0.2, -0.15) is 0 Å². The van der Waals surface area contributed by atoms with Gasteiger partial charge in [0.25, 0.3) is 0 Å². The van der Waals surface area contributed by atoms with Crippen molar-refractivity contribution in [3.8, 4) is 0 Å². The molecule has 0 bridgehead atoms. The smallest absolute Gasteiger partial charge is 0.0459 e. The van der Waals surface area contributed by atoms with Crippen LogP contribution in [0.2, 0.25) is 0 Å². The van der Waals surface area contributed by atoms with Gasteiger partial charge in [-0.1, -0.05) is 135 Å². The number of fused-ring (bicyclic) bond motifs is 1. The molecule has 0 heteroatoms. The van der Waals surface area contributed by atoms with Crippen molar-refractivity contribution in [1.82, 2.24) is 0 Å². The summed E-state index contributed by atoms with van der Waals surface area (Å²) < 4.78 is 0. The fourth-order valence-electron chi connectivity index (χ4n) is 5.51. The average Bonchev–Trinajstić information content (AvgIpc) is 3.29. The minimum Gasteiger partial charge on any atom is -0.103 e. The van der Waals surface area contributed by atoms with Crippen LogP contribution in [0.25, 0.3) is 11.6 Å². The van der Waals surface area contributed by atoms with E-state index in [9.17, 15) is 0 Å². The summed E-state index contributed by atoms with van der Waals surface area (Å²) in [6.45, 7) is 18.2. The molecular formula is C38H42. The molecule has 0 nitrogen and oxygen atoms in total. The van der Waals surface area contributed by atoms with Crippen molar-refractivity contribution in [1.29, 1.82) is 0 Å². The molecule has 0 fully saturated rings. The number of benzene rings is 1. The summed E-state index contributed by atoms with van der Waals surface area (Å²) in [6.07, 6.45) is 40.2. The normalized spacial score (nSPS) is 20.6. The van der Waals surface area contributed by atoms with Crippen molar-refractivity contribution in [2.75, 3.05) is 0 Å². The Hall–Kier alpha value is -3.90. The molecule has 1 aromatic carbocycles. The summed E-state index contributed by atoms with van der Waals surface area (Å²) in [6, 6.07) is 6.75. The van der Waals surface area contributed by atoms with E-state index in [0.717, 1.165) is 30.4 Å². The van der Waals surface area contributed by atoms with E-state index in [4.69, 9.17) is 0 Å². The van der Waals surface area contributed by atoms with Crippen LogP contribution in [0.15, 0.2) is 152 Å². The Kier molecular flexibility index (Phi) is 10.7. The molecule has 0 saturated carbocycles. The van der Waals surface area contributed by atoms with Gasteiger partial charge in [-0.25, -0.2) is 0 Å². The predicted octanol–water partition coefficient (Wildman–Crippen LogP) is 10.8. The van der Waals surface area contributed by atoms with Crippen LogP contribution >= 0.6 is 0 Å². The van der Waals surface area contributed by atoms with E-state index in [1.54, 1.807) is 6.08 Å². The topological polar surface area (TPSA) is 0 Å². The van der Waals surface area contributed by atoms with Crippen molar-refractivity contribution < 1.29 is 0 Å². The third-order valence-corrected chi connectivity index (χ3v) is 7.29. The van der Waals surface area contributed by atoms with Crippen molar-refractivity contribution in [2.45, 2.75) is 45.4 Å². The van der Waals surface area contributed by atoms with Gasteiger partial charge in [0.05, 0.1) is 0 Å². The third-order valence-electron chi connectivity index (χ3n) is 7.29. The van der Waals surface area contributed by atoms with E-state index in [0.29, 0.717) is 0 Å². The van der Waals surface area contributed by atoms with E-state index in [2.05, 4.69) is 149 Å². The maximum Gasteiger partial charge on any atom is 0.0459 e. The summed E-state index contributed by atoms with van der Waals surface area (Å²) in [7, 11) is 0. The van der Waals surface area contributed by atoms with Crippen LogP contribution < -0.4 is 0 Å². The van der Waals surface area contributed by atoms with Crippen LogP contribution in [0.5, 0.6) is 0 Å². The molecule has 0 radical (unpaired) electrons. The van der Waals surface area contributed by atoms with Gasteiger partial charge in [-0.3, -0.25) is 0 Å². The molecule has 0 aliphatic heterocycles. The fourth-order valence-corrected chi connectivity index (χ4v) is 5.51. The van der Waals surface area contributed by atoms with E-state index in [1.807, 2.05) is 6.92 Å². The van der Waals surface area contributed by atoms with Gasteiger partial charge in [0.2, 0.25) is 0 Å². The second-order valence-electron chi connectivity index (χ2n) is 9.61. The van der Waals surface area contributed by atoms with Crippen molar-refractivity contribution in [2.24, 2.45) is 5.92 Å². The minimum atomic E-state index is -0.248. The minimum absolute atomic E-state index is 0.248. The zero-order chi connectivity index (χ0) is 27.4. The molecule has 38 heavy (non-hydrogen) atoms. The number of hydrogen-bond donors (Lipinski definition) is 0. The van der Waals surface area contributed by atoms with Crippen LogP contribution in [0.4, 0.5) is 0 Å². The maximum absolute atomic E-state index is 4.12. The monoisotopic (exact) mass is 498 g/mol. The molecular weight excluding hydrogens is 456 g/mol. The zero-order valence-electron chi connectivity index (χ0n) is 23.4. The van der Waals surface area contributed by atoms with Crippen LogP contribution in [-0.4, -0.2) is 0 Å². The molecule has 3 rings (SSSR count). The summed E-state index contributed by atoms with van der Waals surface area (Å²) in [4.78, 5) is 0. The van der Waals surface area contributed by atoms with Gasteiger partial charge in [-0.15, -0.1) is 6.58 Å². The van der Waals surface area contributed by atoms with Crippen LogP contribution in [-0.2, 0) is 5.41 Å². The molecule has 194 valence electrons. The van der Waals surface area contributed by atoms with Crippen LogP contribution in [0.3, 0.4) is 0 Å². The second-order valence-corrected chi connectivity index (χ2v) is 9.61. The lowest BCUT2D eigenvalue weighted by atomic mass is 9.64. The summed E-state index contributed by atoms with van der Waals surface area (Å²) in [5.74, 6) is 0.270. The number of allylic oxidation sites excluding steroid dienone is 20. The fraction of sp³-hybridized carbons (Fsp3) is 0.211. The Balaban J connectivity index is 2.23. The first-order valence-corrected chi connectivity index (χ1v) is 13.7. The van der Waals surface area contributed by atoms with Crippen LogP contribution in [0.1, 0.15) is 56.7 Å². The molecule has 2 aliphatic rings. The quantitative estimate of drug-likeness (QED) is 0.198. The van der Waals surface area contributed by atoms with Gasteiger partial charge in [0, 0.05) is 5.41 Å². The molecule has 0 N–H and O–H groups in total. The van der Waals surface area contributed by atoms with Gasteiger partial charge < -0.3 is 0 Å². The summed E-state index contributed by atoms with van der Waals surface area (Å²) >= 11 is 0. The first kappa shape index (κ1) is 28.7. The lowest BCUT2D eigenvalue weighted by molar-refractivity contribution is 0.468. The molecule has 2 unspecified atom stereocenters. The molecule has 0 spiro atoms. The third kappa shape index (κ3) is 6.14. The average molecular weight is 499 g/mol. The highest BCUT2D eigenvalue weighted by Crippen LogP contribution is 2.54. The number of rotatable bonds is 12. The Bertz CT molecular complexity index is 1310. The molecule has 0 heterocycles. The highest BCUT2D eigenvalue weighted by atomic mass is 14.5. The van der Waals surface area contributed by atoms with Crippen LogP contribution in [0, 0.1) is 5.92 Å². The SMILES string of the molecule is C=CCC(/C=C\C)C1(C2=CCCC=C2)C=C(/C=C\C=C/C)c2c(/C=C/C=C\C(=C/C)C(=C)C=C)cccc21. The highest BCUT2D eigenvalue weighted by Gasteiger charge is 2.45. The first-order chi connectivity index (χ1) is 18.6. The highest BCUT2D eigenvalue weighted by molar-refractivity contribution is 5.89. The van der Waals surface area contributed by atoms with Gasteiger partial charge in [0.1, 0.15) is 0 Å². The van der Waals surface area contributed by atoms with E-state index < -0.39 is 0 Å². The maximum atomic E-state index is 4.12. The van der Waals surface area contributed by atoms with E-state index in [-0.39, 0.29) is 11.3 Å². The number of hydrogen-bond acceptors (Lipinski definition) is 0. The van der Waals surface area contributed by atoms with Crippen molar-refractivity contribution >= 4 is 11.6 Å².